The first kappa shape index (κ1) is 9.64. The number of aromatic nitrogens is 2. The second-order valence-corrected chi connectivity index (χ2v) is 2.96. The molecule has 0 amide bonds. The van der Waals surface area contributed by atoms with Crippen LogP contribution in [-0.2, 0) is 4.74 Å². The minimum Gasteiger partial charge on any atom is -0.462 e. The predicted octanol–water partition coefficient (Wildman–Crippen LogP) is 1.88. The van der Waals surface area contributed by atoms with Crippen LogP contribution >= 0.6 is 0 Å². The average molecular weight is 208 g/mol. The van der Waals surface area contributed by atoms with Crippen molar-refractivity contribution in [2.24, 2.45) is 0 Å². The highest BCUT2D eigenvalue weighted by molar-refractivity contribution is 6.02. The molecule has 0 radical (unpaired) electrons. The topological polar surface area (TPSA) is 55.0 Å². The standard InChI is InChI=1S/C10H9FN2O2/c1-2-15-10(14)7-5-3-4-6-8(7)12-13-9(6)11/h3-5H,2H2,1H3,(H,12,13). The zero-order chi connectivity index (χ0) is 10.8. The number of carbonyl (C=O) groups excluding carboxylic acids is 1. The van der Waals surface area contributed by atoms with E-state index in [0.717, 1.165) is 0 Å². The monoisotopic (exact) mass is 208 g/mol. The second kappa shape index (κ2) is 3.68. The maximum atomic E-state index is 13.1. The van der Waals surface area contributed by atoms with Gasteiger partial charge in [0.05, 0.1) is 17.6 Å². The number of para-hydroxylation sites is 1. The third-order valence-electron chi connectivity index (χ3n) is 2.03. The van der Waals surface area contributed by atoms with E-state index in [2.05, 4.69) is 10.2 Å². The number of aromatic amines is 1. The highest BCUT2D eigenvalue weighted by Gasteiger charge is 2.14. The summed E-state index contributed by atoms with van der Waals surface area (Å²) in [5.41, 5.74) is 0.572. The summed E-state index contributed by atoms with van der Waals surface area (Å²) < 4.78 is 17.9. The van der Waals surface area contributed by atoms with Gasteiger partial charge >= 0.3 is 5.97 Å². The molecule has 0 spiro atoms. The van der Waals surface area contributed by atoms with Crippen molar-refractivity contribution >= 4 is 16.9 Å². The maximum absolute atomic E-state index is 13.1. The fourth-order valence-electron chi connectivity index (χ4n) is 1.38. The number of H-pyrrole nitrogens is 1. The maximum Gasteiger partial charge on any atom is 0.340 e. The fourth-order valence-corrected chi connectivity index (χ4v) is 1.38. The molecule has 1 aromatic carbocycles. The zero-order valence-electron chi connectivity index (χ0n) is 8.08. The van der Waals surface area contributed by atoms with Crippen molar-refractivity contribution in [3.05, 3.63) is 29.7 Å². The summed E-state index contributed by atoms with van der Waals surface area (Å²) >= 11 is 0. The minimum atomic E-state index is -0.545. The van der Waals surface area contributed by atoms with Crippen molar-refractivity contribution in [3.63, 3.8) is 0 Å². The lowest BCUT2D eigenvalue weighted by molar-refractivity contribution is 0.0528. The SMILES string of the molecule is CCOC(=O)c1cccc2c(F)[nH]nc12. The normalized spacial score (nSPS) is 10.5. The van der Waals surface area contributed by atoms with Gasteiger partial charge in [0.25, 0.3) is 0 Å². The molecule has 0 saturated carbocycles. The number of hydrogen-bond donors (Lipinski definition) is 1. The van der Waals surface area contributed by atoms with Gasteiger partial charge in [0.2, 0.25) is 5.95 Å². The number of carbonyl (C=O) groups is 1. The summed E-state index contributed by atoms with van der Waals surface area (Å²) in [6, 6.07) is 4.70. The van der Waals surface area contributed by atoms with E-state index >= 15 is 0 Å². The molecule has 15 heavy (non-hydrogen) atoms. The van der Waals surface area contributed by atoms with Gasteiger partial charge in [0, 0.05) is 0 Å². The number of ether oxygens (including phenoxy) is 1. The molecule has 78 valence electrons. The number of rotatable bonds is 2. The van der Waals surface area contributed by atoms with E-state index in [-0.39, 0.29) is 12.2 Å². The number of nitrogens with one attached hydrogen (secondary N) is 1. The van der Waals surface area contributed by atoms with Gasteiger partial charge < -0.3 is 4.74 Å². The van der Waals surface area contributed by atoms with Crippen LogP contribution in [0.25, 0.3) is 10.9 Å². The van der Waals surface area contributed by atoms with E-state index in [1.807, 2.05) is 0 Å². The molecule has 0 aliphatic carbocycles. The van der Waals surface area contributed by atoms with E-state index < -0.39 is 11.9 Å². The van der Waals surface area contributed by atoms with E-state index in [4.69, 9.17) is 4.74 Å². The number of nitrogens with zero attached hydrogens (tertiary/aromatic N) is 1. The Bertz CT molecular complexity index is 507. The summed E-state index contributed by atoms with van der Waals surface area (Å²) in [6.45, 7) is 1.99. The Balaban J connectivity index is 2.56. The molecule has 1 N–H and O–H groups in total. The second-order valence-electron chi connectivity index (χ2n) is 2.96. The molecular formula is C10H9FN2O2. The van der Waals surface area contributed by atoms with E-state index in [9.17, 15) is 9.18 Å². The molecule has 0 atom stereocenters. The van der Waals surface area contributed by atoms with Crippen LogP contribution in [0.1, 0.15) is 17.3 Å². The smallest absolute Gasteiger partial charge is 0.340 e. The Hall–Kier alpha value is -1.91. The number of fused-ring (bicyclic) bond motifs is 1. The molecular weight excluding hydrogens is 199 g/mol. The predicted molar refractivity (Wildman–Crippen MR) is 52.0 cm³/mol. The zero-order valence-corrected chi connectivity index (χ0v) is 8.08. The van der Waals surface area contributed by atoms with Crippen LogP contribution in [0.5, 0.6) is 0 Å². The number of benzene rings is 1. The van der Waals surface area contributed by atoms with Crippen molar-refractivity contribution < 1.29 is 13.9 Å². The third-order valence-corrected chi connectivity index (χ3v) is 2.03. The highest BCUT2D eigenvalue weighted by atomic mass is 19.1. The van der Waals surface area contributed by atoms with Crippen molar-refractivity contribution in [2.45, 2.75) is 6.92 Å². The first-order valence-electron chi connectivity index (χ1n) is 4.53. The molecule has 4 nitrogen and oxygen atoms in total. The fraction of sp³-hybridized carbons (Fsp3) is 0.200. The molecule has 0 bridgehead atoms. The van der Waals surface area contributed by atoms with Crippen molar-refractivity contribution in [1.82, 2.24) is 10.2 Å². The molecule has 2 aromatic rings. The van der Waals surface area contributed by atoms with Gasteiger partial charge in [-0.2, -0.15) is 9.49 Å². The molecule has 0 aliphatic heterocycles. The summed E-state index contributed by atoms with van der Waals surface area (Å²) in [5, 5.41) is 6.20. The summed E-state index contributed by atoms with van der Waals surface area (Å²) in [5.74, 6) is -1.04. The van der Waals surface area contributed by atoms with Crippen LogP contribution < -0.4 is 0 Å². The summed E-state index contributed by atoms with van der Waals surface area (Å²) in [7, 11) is 0. The lowest BCUT2D eigenvalue weighted by Gasteiger charge is -2.01. The quantitative estimate of drug-likeness (QED) is 0.766. The van der Waals surface area contributed by atoms with Crippen LogP contribution in [0, 0.1) is 5.95 Å². The lowest BCUT2D eigenvalue weighted by Crippen LogP contribution is -2.05. The van der Waals surface area contributed by atoms with Gasteiger partial charge in [-0.1, -0.05) is 6.07 Å². The average Bonchev–Trinajstić information content (AvgIpc) is 2.61. The third kappa shape index (κ3) is 1.56. The van der Waals surface area contributed by atoms with Crippen LogP contribution in [0.4, 0.5) is 4.39 Å². The van der Waals surface area contributed by atoms with Crippen molar-refractivity contribution in [2.75, 3.05) is 6.61 Å². The van der Waals surface area contributed by atoms with Gasteiger partial charge in [-0.05, 0) is 19.1 Å². The molecule has 0 fully saturated rings. The molecule has 1 heterocycles. The van der Waals surface area contributed by atoms with Gasteiger partial charge in [-0.3, -0.25) is 5.10 Å². The Morgan fingerprint density at radius 2 is 2.40 bits per heavy atom. The first-order chi connectivity index (χ1) is 7.24. The Morgan fingerprint density at radius 3 is 3.13 bits per heavy atom. The van der Waals surface area contributed by atoms with Gasteiger partial charge in [0.1, 0.15) is 5.52 Å². The van der Waals surface area contributed by atoms with E-state index in [0.29, 0.717) is 10.9 Å². The van der Waals surface area contributed by atoms with Crippen molar-refractivity contribution in [3.8, 4) is 0 Å². The Labute approximate surface area is 85.0 Å². The number of hydrogen-bond acceptors (Lipinski definition) is 3. The minimum absolute atomic E-state index is 0.273. The molecule has 1 aromatic heterocycles. The molecule has 0 unspecified atom stereocenters. The van der Waals surface area contributed by atoms with E-state index in [1.54, 1.807) is 25.1 Å². The van der Waals surface area contributed by atoms with Crippen LogP contribution in [-0.4, -0.2) is 22.8 Å². The highest BCUT2D eigenvalue weighted by Crippen LogP contribution is 2.19. The van der Waals surface area contributed by atoms with Gasteiger partial charge in [-0.15, -0.1) is 0 Å². The number of esters is 1. The molecule has 2 rings (SSSR count). The van der Waals surface area contributed by atoms with Crippen molar-refractivity contribution in [1.29, 1.82) is 0 Å². The summed E-state index contributed by atoms with van der Waals surface area (Å²) in [4.78, 5) is 11.5. The van der Waals surface area contributed by atoms with Crippen LogP contribution in [0.3, 0.4) is 0 Å². The van der Waals surface area contributed by atoms with Crippen LogP contribution in [0.15, 0.2) is 18.2 Å². The molecule has 0 saturated heterocycles. The van der Waals surface area contributed by atoms with Gasteiger partial charge in [0.15, 0.2) is 0 Å². The van der Waals surface area contributed by atoms with Gasteiger partial charge in [-0.25, -0.2) is 4.79 Å². The number of halogens is 1. The molecule has 5 heteroatoms. The Morgan fingerprint density at radius 1 is 1.60 bits per heavy atom. The Kier molecular flexibility index (Phi) is 2.37. The molecule has 0 aliphatic rings. The van der Waals surface area contributed by atoms with E-state index in [1.165, 1.54) is 0 Å². The first-order valence-corrected chi connectivity index (χ1v) is 4.53. The largest absolute Gasteiger partial charge is 0.462 e. The lowest BCUT2D eigenvalue weighted by atomic mass is 10.1. The van der Waals surface area contributed by atoms with Crippen LogP contribution in [0.2, 0.25) is 0 Å². The summed E-state index contributed by atoms with van der Waals surface area (Å²) in [6.07, 6.45) is 0.